The molecule has 0 bridgehead atoms. The molecule has 0 aliphatic heterocycles. The van der Waals surface area contributed by atoms with E-state index in [1.165, 1.54) is 6.20 Å². The summed E-state index contributed by atoms with van der Waals surface area (Å²) in [5, 5.41) is 13.6. The first-order chi connectivity index (χ1) is 12.3. The Bertz CT molecular complexity index is 803. The van der Waals surface area contributed by atoms with E-state index >= 15 is 0 Å². The van der Waals surface area contributed by atoms with Gasteiger partial charge in [-0.25, -0.2) is 0 Å². The molecule has 25 heavy (non-hydrogen) atoms. The van der Waals surface area contributed by atoms with Crippen LogP contribution >= 0.6 is 0 Å². The van der Waals surface area contributed by atoms with E-state index in [1.54, 1.807) is 29.4 Å². The van der Waals surface area contributed by atoms with Crippen LogP contribution in [0.3, 0.4) is 0 Å². The van der Waals surface area contributed by atoms with Crippen LogP contribution in [-0.4, -0.2) is 43.8 Å². The van der Waals surface area contributed by atoms with Crippen molar-refractivity contribution < 1.29 is 9.90 Å². The molecule has 0 saturated carbocycles. The van der Waals surface area contributed by atoms with E-state index in [4.69, 9.17) is 0 Å². The predicted molar refractivity (Wildman–Crippen MR) is 93.8 cm³/mol. The van der Waals surface area contributed by atoms with Crippen LogP contribution < -0.4 is 0 Å². The van der Waals surface area contributed by atoms with Gasteiger partial charge in [0.2, 0.25) is 0 Å². The number of hydrogen-bond acceptors (Lipinski definition) is 4. The second-order valence-corrected chi connectivity index (χ2v) is 5.72. The van der Waals surface area contributed by atoms with Gasteiger partial charge in [-0.05, 0) is 17.7 Å². The van der Waals surface area contributed by atoms with Crippen LogP contribution in [0, 0.1) is 0 Å². The molecule has 0 aliphatic carbocycles. The number of aromatic nitrogens is 3. The number of carbonyl (C=O) groups is 1. The van der Waals surface area contributed by atoms with Gasteiger partial charge in [0.25, 0.3) is 5.91 Å². The van der Waals surface area contributed by atoms with Gasteiger partial charge in [0.05, 0.1) is 24.9 Å². The van der Waals surface area contributed by atoms with Crippen LogP contribution in [-0.2, 0) is 13.1 Å². The molecule has 0 atom stereocenters. The molecule has 0 saturated heterocycles. The Hall–Kier alpha value is -2.99. The average Bonchev–Trinajstić information content (AvgIpc) is 3.09. The van der Waals surface area contributed by atoms with Crippen LogP contribution in [0.25, 0.3) is 0 Å². The average molecular weight is 336 g/mol. The molecule has 2 aromatic heterocycles. The van der Waals surface area contributed by atoms with Gasteiger partial charge in [-0.1, -0.05) is 30.3 Å². The first-order valence-corrected chi connectivity index (χ1v) is 8.11. The van der Waals surface area contributed by atoms with Crippen LogP contribution in [0.4, 0.5) is 0 Å². The topological polar surface area (TPSA) is 71.2 Å². The van der Waals surface area contributed by atoms with Crippen LogP contribution in [0.15, 0.2) is 67.3 Å². The van der Waals surface area contributed by atoms with Crippen LogP contribution in [0.2, 0.25) is 0 Å². The summed E-state index contributed by atoms with van der Waals surface area (Å²) in [5.41, 5.74) is 2.59. The fraction of sp³-hybridized carbons (Fsp3) is 0.211. The molecule has 128 valence electrons. The summed E-state index contributed by atoms with van der Waals surface area (Å²) in [6.45, 7) is 1.24. The van der Waals surface area contributed by atoms with E-state index in [0.717, 1.165) is 11.1 Å². The van der Waals surface area contributed by atoms with E-state index in [2.05, 4.69) is 10.1 Å². The van der Waals surface area contributed by atoms with Crippen molar-refractivity contribution in [3.63, 3.8) is 0 Å². The number of aliphatic hydroxyl groups excluding tert-OH is 1. The van der Waals surface area contributed by atoms with Crippen molar-refractivity contribution in [2.75, 3.05) is 13.2 Å². The number of hydrogen-bond donors (Lipinski definition) is 1. The lowest BCUT2D eigenvalue weighted by molar-refractivity contribution is 0.0707. The largest absolute Gasteiger partial charge is 0.395 e. The predicted octanol–water partition coefficient (Wildman–Crippen LogP) is 1.96. The van der Waals surface area contributed by atoms with E-state index in [0.29, 0.717) is 18.7 Å². The molecular formula is C19H20N4O2. The Morgan fingerprint density at radius 2 is 1.92 bits per heavy atom. The van der Waals surface area contributed by atoms with E-state index in [-0.39, 0.29) is 19.1 Å². The highest BCUT2D eigenvalue weighted by Crippen LogP contribution is 2.10. The van der Waals surface area contributed by atoms with Crippen molar-refractivity contribution in [3.05, 3.63) is 83.9 Å². The summed E-state index contributed by atoms with van der Waals surface area (Å²) in [5.74, 6) is -0.155. The minimum absolute atomic E-state index is 0.0931. The zero-order valence-electron chi connectivity index (χ0n) is 13.8. The second kappa shape index (κ2) is 8.21. The van der Waals surface area contributed by atoms with Crippen molar-refractivity contribution in [2.45, 2.75) is 13.1 Å². The molecular weight excluding hydrogens is 316 g/mol. The third kappa shape index (κ3) is 4.51. The third-order valence-corrected chi connectivity index (χ3v) is 3.81. The molecule has 1 amide bonds. The molecule has 6 nitrogen and oxygen atoms in total. The molecule has 0 spiro atoms. The summed E-state index contributed by atoms with van der Waals surface area (Å²) in [7, 11) is 0. The Kier molecular flexibility index (Phi) is 5.53. The standard InChI is InChI=1S/C19H20N4O2/c24-10-9-22(19(25)18-7-4-8-20-12-18)13-17-11-21-23(15-17)14-16-5-2-1-3-6-16/h1-8,11-12,15,24H,9-10,13-14H2. The normalized spacial score (nSPS) is 10.6. The zero-order chi connectivity index (χ0) is 17.5. The molecule has 6 heteroatoms. The maximum Gasteiger partial charge on any atom is 0.255 e. The SMILES string of the molecule is O=C(c1cccnc1)N(CCO)Cc1cnn(Cc2ccccc2)c1. The van der Waals surface area contributed by atoms with Crippen molar-refractivity contribution in [3.8, 4) is 0 Å². The van der Waals surface area contributed by atoms with Crippen molar-refractivity contribution in [2.24, 2.45) is 0 Å². The van der Waals surface area contributed by atoms with Crippen LogP contribution in [0.1, 0.15) is 21.5 Å². The highest BCUT2D eigenvalue weighted by atomic mass is 16.3. The van der Waals surface area contributed by atoms with Gasteiger partial charge in [-0.2, -0.15) is 5.10 Å². The van der Waals surface area contributed by atoms with Gasteiger partial charge in [-0.3, -0.25) is 14.5 Å². The number of nitrogens with zero attached hydrogens (tertiary/aromatic N) is 4. The van der Waals surface area contributed by atoms with Crippen molar-refractivity contribution in [1.29, 1.82) is 0 Å². The monoisotopic (exact) mass is 336 g/mol. The number of aliphatic hydroxyl groups is 1. The number of carbonyl (C=O) groups excluding carboxylic acids is 1. The lowest BCUT2D eigenvalue weighted by atomic mass is 10.2. The van der Waals surface area contributed by atoms with Gasteiger partial charge >= 0.3 is 0 Å². The molecule has 3 rings (SSSR count). The summed E-state index contributed by atoms with van der Waals surface area (Å²) < 4.78 is 1.84. The lowest BCUT2D eigenvalue weighted by Crippen LogP contribution is -2.33. The molecule has 0 fully saturated rings. The maximum atomic E-state index is 12.6. The van der Waals surface area contributed by atoms with E-state index < -0.39 is 0 Å². The Balaban J connectivity index is 1.69. The molecule has 1 N–H and O–H groups in total. The van der Waals surface area contributed by atoms with E-state index in [9.17, 15) is 9.90 Å². The van der Waals surface area contributed by atoms with Gasteiger partial charge < -0.3 is 10.0 Å². The highest BCUT2D eigenvalue weighted by Gasteiger charge is 2.16. The molecule has 1 aromatic carbocycles. The fourth-order valence-electron chi connectivity index (χ4n) is 2.61. The maximum absolute atomic E-state index is 12.6. The summed E-state index contributed by atoms with van der Waals surface area (Å²) in [6, 6.07) is 13.5. The lowest BCUT2D eigenvalue weighted by Gasteiger charge is -2.21. The summed E-state index contributed by atoms with van der Waals surface area (Å²) >= 11 is 0. The Labute approximate surface area is 146 Å². The Morgan fingerprint density at radius 3 is 2.64 bits per heavy atom. The summed E-state index contributed by atoms with van der Waals surface area (Å²) in [6.07, 6.45) is 6.84. The van der Waals surface area contributed by atoms with Gasteiger partial charge in [0.1, 0.15) is 0 Å². The molecule has 0 unspecified atom stereocenters. The zero-order valence-corrected chi connectivity index (χ0v) is 13.8. The molecule has 3 aromatic rings. The summed E-state index contributed by atoms with van der Waals surface area (Å²) in [4.78, 5) is 18.2. The molecule has 2 heterocycles. The minimum Gasteiger partial charge on any atom is -0.395 e. The number of amides is 1. The van der Waals surface area contributed by atoms with Crippen molar-refractivity contribution in [1.82, 2.24) is 19.7 Å². The second-order valence-electron chi connectivity index (χ2n) is 5.72. The number of benzene rings is 1. The first kappa shape index (κ1) is 16.9. The Morgan fingerprint density at radius 1 is 1.08 bits per heavy atom. The van der Waals surface area contributed by atoms with Gasteiger partial charge in [-0.15, -0.1) is 0 Å². The van der Waals surface area contributed by atoms with Gasteiger partial charge in [0.15, 0.2) is 0 Å². The van der Waals surface area contributed by atoms with Gasteiger partial charge in [0, 0.05) is 37.2 Å². The third-order valence-electron chi connectivity index (χ3n) is 3.81. The number of rotatable bonds is 7. The molecule has 0 radical (unpaired) electrons. The fourth-order valence-corrected chi connectivity index (χ4v) is 2.61. The number of pyridine rings is 1. The highest BCUT2D eigenvalue weighted by molar-refractivity contribution is 5.93. The van der Waals surface area contributed by atoms with Crippen LogP contribution in [0.5, 0.6) is 0 Å². The smallest absolute Gasteiger partial charge is 0.255 e. The quantitative estimate of drug-likeness (QED) is 0.716. The molecule has 0 aliphatic rings. The van der Waals surface area contributed by atoms with Crippen molar-refractivity contribution >= 4 is 5.91 Å². The first-order valence-electron chi connectivity index (χ1n) is 8.11. The minimum atomic E-state index is -0.155. The van der Waals surface area contributed by atoms with E-state index in [1.807, 2.05) is 41.2 Å².